The van der Waals surface area contributed by atoms with Crippen molar-refractivity contribution in [3.05, 3.63) is 36.2 Å². The van der Waals surface area contributed by atoms with Gasteiger partial charge in [-0.1, -0.05) is 0 Å². The number of ether oxygens (including phenoxy) is 1. The van der Waals surface area contributed by atoms with Crippen molar-refractivity contribution < 1.29 is 26.9 Å². The van der Waals surface area contributed by atoms with Crippen LogP contribution in [-0.2, 0) is 21.8 Å². The molecule has 0 bridgehead atoms. The summed E-state index contributed by atoms with van der Waals surface area (Å²) in [6.07, 6.45) is -0.190. The summed E-state index contributed by atoms with van der Waals surface area (Å²) in [5.74, 6) is 0.576. The Balaban J connectivity index is 0.00000144. The van der Waals surface area contributed by atoms with Crippen LogP contribution in [0.5, 0.6) is 0 Å². The first kappa shape index (κ1) is 13.9. The average Bonchev–Trinajstić information content (AvgIpc) is 2.60. The number of nitrogens with two attached hydrogens (primary N) is 1. The number of aliphatic hydroxyl groups is 1. The maximum absolute atomic E-state index is 9.05. The molecule has 0 amide bonds. The SMILES string of the molecule is C=C1OC(CO)CN1c1ccc(N)cc1C.[Fe]. The molecule has 1 unspecified atom stereocenters. The van der Waals surface area contributed by atoms with Crippen LogP contribution in [0.3, 0.4) is 0 Å². The van der Waals surface area contributed by atoms with Gasteiger partial charge in [-0.25, -0.2) is 0 Å². The van der Waals surface area contributed by atoms with E-state index in [9.17, 15) is 0 Å². The summed E-state index contributed by atoms with van der Waals surface area (Å²) in [5, 5.41) is 9.05. The molecule has 17 heavy (non-hydrogen) atoms. The summed E-state index contributed by atoms with van der Waals surface area (Å²) < 4.78 is 5.41. The van der Waals surface area contributed by atoms with Crippen LogP contribution in [0.25, 0.3) is 0 Å². The van der Waals surface area contributed by atoms with Crippen LogP contribution in [0.2, 0.25) is 0 Å². The van der Waals surface area contributed by atoms with E-state index in [2.05, 4.69) is 6.58 Å². The number of benzene rings is 1. The third-order valence-corrected chi connectivity index (χ3v) is 2.71. The van der Waals surface area contributed by atoms with Gasteiger partial charge in [-0.05, 0) is 37.3 Å². The summed E-state index contributed by atoms with van der Waals surface area (Å²) in [5.41, 5.74) is 8.54. The third kappa shape index (κ3) is 2.75. The molecule has 5 heteroatoms. The van der Waals surface area contributed by atoms with Gasteiger partial charge in [0.1, 0.15) is 6.10 Å². The maximum Gasteiger partial charge on any atom is 0.186 e. The predicted molar refractivity (Wildman–Crippen MR) is 64.0 cm³/mol. The number of anilines is 2. The monoisotopic (exact) mass is 276 g/mol. The summed E-state index contributed by atoms with van der Waals surface area (Å²) in [7, 11) is 0. The zero-order valence-electron chi connectivity index (χ0n) is 9.66. The quantitative estimate of drug-likeness (QED) is 0.630. The molecule has 0 radical (unpaired) electrons. The minimum absolute atomic E-state index is 0. The molecule has 3 N–H and O–H groups in total. The van der Waals surface area contributed by atoms with Gasteiger partial charge in [0, 0.05) is 28.4 Å². The van der Waals surface area contributed by atoms with Crippen LogP contribution >= 0.6 is 0 Å². The number of aryl methyl sites for hydroxylation is 1. The summed E-state index contributed by atoms with van der Waals surface area (Å²) >= 11 is 0. The number of hydrogen-bond acceptors (Lipinski definition) is 4. The van der Waals surface area contributed by atoms with Gasteiger partial charge in [-0.2, -0.15) is 0 Å². The molecule has 0 aromatic heterocycles. The Morgan fingerprint density at radius 3 is 2.82 bits per heavy atom. The van der Waals surface area contributed by atoms with Crippen molar-refractivity contribution in [2.45, 2.75) is 13.0 Å². The molecule has 4 nitrogen and oxygen atoms in total. The summed E-state index contributed by atoms with van der Waals surface area (Å²) in [6.45, 7) is 6.45. The van der Waals surface area contributed by atoms with Gasteiger partial charge >= 0.3 is 0 Å². The Bertz CT molecular complexity index is 423. The van der Waals surface area contributed by atoms with Gasteiger partial charge in [0.05, 0.1) is 13.2 Å². The Kier molecular flexibility index (Phi) is 4.46. The molecule has 1 aromatic carbocycles. The van der Waals surface area contributed by atoms with E-state index in [1.54, 1.807) is 0 Å². The molecule has 1 aromatic rings. The van der Waals surface area contributed by atoms with E-state index in [0.29, 0.717) is 12.4 Å². The standard InChI is InChI=1S/C12H16N2O2.Fe/c1-8-5-10(13)3-4-12(8)14-6-11(7-15)16-9(14)2;/h3-5,11,15H,2,6-7,13H2,1H3;. The molecule has 1 fully saturated rings. The number of aliphatic hydroxyl groups excluding tert-OH is 1. The van der Waals surface area contributed by atoms with E-state index in [1.165, 1.54) is 0 Å². The molecule has 1 aliphatic heterocycles. The van der Waals surface area contributed by atoms with E-state index in [4.69, 9.17) is 15.6 Å². The van der Waals surface area contributed by atoms with Crippen LogP contribution in [0.4, 0.5) is 11.4 Å². The van der Waals surface area contributed by atoms with E-state index in [0.717, 1.165) is 16.9 Å². The van der Waals surface area contributed by atoms with Crippen molar-refractivity contribution >= 4 is 11.4 Å². The fourth-order valence-corrected chi connectivity index (χ4v) is 1.91. The zero-order valence-corrected chi connectivity index (χ0v) is 10.8. The van der Waals surface area contributed by atoms with Crippen molar-refractivity contribution in [1.29, 1.82) is 0 Å². The topological polar surface area (TPSA) is 58.7 Å². The van der Waals surface area contributed by atoms with Gasteiger partial charge in [-0.3, -0.25) is 0 Å². The smallest absolute Gasteiger partial charge is 0.186 e. The molecule has 1 aliphatic rings. The molecule has 94 valence electrons. The predicted octanol–water partition coefficient (Wildman–Crippen LogP) is 1.24. The summed E-state index contributed by atoms with van der Waals surface area (Å²) in [6, 6.07) is 5.70. The van der Waals surface area contributed by atoms with E-state index < -0.39 is 0 Å². The number of nitrogens with zero attached hydrogens (tertiary/aromatic N) is 1. The minimum atomic E-state index is -0.190. The molecule has 1 heterocycles. The fraction of sp³-hybridized carbons (Fsp3) is 0.333. The Morgan fingerprint density at radius 2 is 2.29 bits per heavy atom. The first-order valence-corrected chi connectivity index (χ1v) is 5.22. The van der Waals surface area contributed by atoms with E-state index in [1.807, 2.05) is 30.0 Å². The first-order valence-electron chi connectivity index (χ1n) is 5.22. The second-order valence-corrected chi connectivity index (χ2v) is 3.97. The second kappa shape index (κ2) is 5.45. The molecule has 1 atom stereocenters. The van der Waals surface area contributed by atoms with Gasteiger partial charge in [-0.15, -0.1) is 0 Å². The van der Waals surface area contributed by atoms with Crippen LogP contribution in [0.1, 0.15) is 5.56 Å². The normalized spacial score (nSPS) is 18.8. The molecule has 0 spiro atoms. The van der Waals surface area contributed by atoms with Crippen LogP contribution < -0.4 is 10.6 Å². The van der Waals surface area contributed by atoms with Crippen molar-refractivity contribution in [3.63, 3.8) is 0 Å². The maximum atomic E-state index is 9.05. The van der Waals surface area contributed by atoms with Crippen molar-refractivity contribution in [2.24, 2.45) is 0 Å². The van der Waals surface area contributed by atoms with Gasteiger partial charge < -0.3 is 20.5 Å². The average molecular weight is 276 g/mol. The molecular weight excluding hydrogens is 260 g/mol. The first-order chi connectivity index (χ1) is 7.61. The van der Waals surface area contributed by atoms with E-state index in [-0.39, 0.29) is 29.8 Å². The van der Waals surface area contributed by atoms with Crippen LogP contribution in [0, 0.1) is 6.92 Å². The van der Waals surface area contributed by atoms with Gasteiger partial charge in [0.25, 0.3) is 0 Å². The fourth-order valence-electron chi connectivity index (χ4n) is 1.91. The van der Waals surface area contributed by atoms with E-state index >= 15 is 0 Å². The van der Waals surface area contributed by atoms with Crippen molar-refractivity contribution in [1.82, 2.24) is 0 Å². The Hall–Kier alpha value is -1.16. The van der Waals surface area contributed by atoms with Crippen molar-refractivity contribution in [3.8, 4) is 0 Å². The van der Waals surface area contributed by atoms with Crippen LogP contribution in [0.15, 0.2) is 30.7 Å². The number of hydrogen-bond donors (Lipinski definition) is 2. The third-order valence-electron chi connectivity index (χ3n) is 2.71. The Morgan fingerprint density at radius 1 is 1.59 bits per heavy atom. The summed E-state index contributed by atoms with van der Waals surface area (Å²) in [4.78, 5) is 1.95. The minimum Gasteiger partial charge on any atom is -0.472 e. The molecule has 1 saturated heterocycles. The van der Waals surface area contributed by atoms with Gasteiger partial charge in [0.15, 0.2) is 5.88 Å². The van der Waals surface area contributed by atoms with Crippen LogP contribution in [-0.4, -0.2) is 24.4 Å². The Labute approximate surface area is 112 Å². The van der Waals surface area contributed by atoms with Gasteiger partial charge in [0.2, 0.25) is 0 Å². The largest absolute Gasteiger partial charge is 0.472 e. The molecule has 0 saturated carbocycles. The number of nitrogen functional groups attached to an aromatic ring is 1. The second-order valence-electron chi connectivity index (χ2n) is 3.97. The molecule has 2 rings (SSSR count). The zero-order chi connectivity index (χ0) is 11.7. The van der Waals surface area contributed by atoms with Crippen molar-refractivity contribution in [2.75, 3.05) is 23.8 Å². The molecular formula is C12H16FeN2O2. The number of rotatable bonds is 2. The molecule has 0 aliphatic carbocycles.